The summed E-state index contributed by atoms with van der Waals surface area (Å²) in [5.74, 6) is -0.324. The van der Waals surface area contributed by atoms with Gasteiger partial charge in [0.15, 0.2) is 5.96 Å². The minimum atomic E-state index is -0.934. The normalized spacial score (nSPS) is 12.4. The first-order chi connectivity index (χ1) is 11.1. The molecule has 2 rings (SSSR count). The second-order valence-corrected chi connectivity index (χ2v) is 5.48. The first-order valence-electron chi connectivity index (χ1n) is 7.27. The number of nitrogens with zero attached hydrogens (tertiary/aromatic N) is 1. The number of halogens is 3. The van der Waals surface area contributed by atoms with Crippen LogP contribution in [-0.4, -0.2) is 24.2 Å². The average molecular weight is 464 g/mol. The van der Waals surface area contributed by atoms with Gasteiger partial charge in [-0.2, -0.15) is 0 Å². The van der Waals surface area contributed by atoms with E-state index in [0.29, 0.717) is 12.1 Å². The van der Waals surface area contributed by atoms with Crippen LogP contribution < -0.4 is 11.1 Å². The lowest BCUT2D eigenvalue weighted by Gasteiger charge is -2.10. The smallest absolute Gasteiger partial charge is 0.188 e. The number of aliphatic hydroxyl groups is 1. The zero-order valence-electron chi connectivity index (χ0n) is 13.0. The third kappa shape index (κ3) is 6.62. The van der Waals surface area contributed by atoms with Gasteiger partial charge in [-0.3, -0.25) is 4.99 Å². The predicted molar refractivity (Wildman–Crippen MR) is 106 cm³/mol. The van der Waals surface area contributed by atoms with Crippen molar-refractivity contribution in [3.05, 3.63) is 70.5 Å². The summed E-state index contributed by atoms with van der Waals surface area (Å²) in [6.45, 7) is 0.691. The van der Waals surface area contributed by atoms with Crippen LogP contribution in [0.4, 0.5) is 4.39 Å². The Kier molecular flexibility index (Phi) is 9.02. The molecular weight excluding hydrogens is 444 g/mol. The average Bonchev–Trinajstić information content (AvgIpc) is 2.56. The van der Waals surface area contributed by atoms with Gasteiger partial charge in [0.2, 0.25) is 0 Å². The molecule has 2 aromatic carbocycles. The second kappa shape index (κ2) is 10.5. The zero-order valence-corrected chi connectivity index (χ0v) is 16.0. The van der Waals surface area contributed by atoms with Crippen LogP contribution in [0.5, 0.6) is 0 Å². The Morgan fingerprint density at radius 3 is 2.62 bits per heavy atom. The topological polar surface area (TPSA) is 70.6 Å². The monoisotopic (exact) mass is 463 g/mol. The maximum atomic E-state index is 13.4. The maximum Gasteiger partial charge on any atom is 0.188 e. The van der Waals surface area contributed by atoms with E-state index in [1.807, 2.05) is 30.3 Å². The first-order valence-corrected chi connectivity index (χ1v) is 7.65. The molecule has 0 bridgehead atoms. The maximum absolute atomic E-state index is 13.4. The lowest BCUT2D eigenvalue weighted by Crippen LogP contribution is -2.33. The van der Waals surface area contributed by atoms with Crippen molar-refractivity contribution < 1.29 is 9.50 Å². The van der Waals surface area contributed by atoms with E-state index in [9.17, 15) is 9.50 Å². The van der Waals surface area contributed by atoms with Crippen LogP contribution in [0.1, 0.15) is 17.2 Å². The molecule has 0 aliphatic heterocycles. The fourth-order valence-electron chi connectivity index (χ4n) is 2.05. The molecule has 2 aromatic rings. The predicted octanol–water partition coefficient (Wildman–Crippen LogP) is 3.28. The first kappa shape index (κ1) is 20.7. The van der Waals surface area contributed by atoms with Gasteiger partial charge in [-0.1, -0.05) is 48.0 Å². The largest absolute Gasteiger partial charge is 0.386 e. The molecule has 4 N–H and O–H groups in total. The van der Waals surface area contributed by atoms with Gasteiger partial charge < -0.3 is 16.2 Å². The summed E-state index contributed by atoms with van der Waals surface area (Å²) in [5, 5.41) is 13.0. The molecule has 0 aromatic heterocycles. The third-order valence-corrected chi connectivity index (χ3v) is 3.63. The molecule has 130 valence electrons. The van der Waals surface area contributed by atoms with Crippen LogP contribution in [-0.2, 0) is 6.42 Å². The Morgan fingerprint density at radius 1 is 1.25 bits per heavy atom. The van der Waals surface area contributed by atoms with Crippen molar-refractivity contribution in [2.24, 2.45) is 10.7 Å². The summed E-state index contributed by atoms with van der Waals surface area (Å²) < 4.78 is 13.4. The third-order valence-electron chi connectivity index (χ3n) is 3.33. The highest BCUT2D eigenvalue weighted by Crippen LogP contribution is 2.20. The van der Waals surface area contributed by atoms with Crippen molar-refractivity contribution in [1.82, 2.24) is 5.32 Å². The van der Waals surface area contributed by atoms with Gasteiger partial charge in [0, 0.05) is 6.54 Å². The summed E-state index contributed by atoms with van der Waals surface area (Å²) in [6.07, 6.45) is -0.113. The number of hydrogen-bond donors (Lipinski definition) is 3. The van der Waals surface area contributed by atoms with E-state index in [4.69, 9.17) is 17.3 Å². The van der Waals surface area contributed by atoms with Crippen molar-refractivity contribution in [3.63, 3.8) is 0 Å². The summed E-state index contributed by atoms with van der Waals surface area (Å²) in [6, 6.07) is 14.2. The van der Waals surface area contributed by atoms with Crippen molar-refractivity contribution in [1.29, 1.82) is 0 Å². The number of rotatable bonds is 6. The lowest BCUT2D eigenvalue weighted by atomic mass is 10.1. The number of nitrogens with one attached hydrogen (secondary N) is 1. The van der Waals surface area contributed by atoms with Gasteiger partial charge in [-0.05, 0) is 29.7 Å². The van der Waals surface area contributed by atoms with Crippen LogP contribution >= 0.6 is 35.6 Å². The molecule has 7 heteroatoms. The fraction of sp³-hybridized carbons (Fsp3) is 0.235. The van der Waals surface area contributed by atoms with Crippen molar-refractivity contribution in [3.8, 4) is 0 Å². The van der Waals surface area contributed by atoms with Crippen LogP contribution in [0.25, 0.3) is 0 Å². The highest BCUT2D eigenvalue weighted by atomic mass is 127. The Bertz CT molecular complexity index is 670. The molecule has 0 aliphatic carbocycles. The molecule has 1 unspecified atom stereocenters. The van der Waals surface area contributed by atoms with E-state index in [2.05, 4.69) is 10.3 Å². The summed E-state index contributed by atoms with van der Waals surface area (Å²) in [4.78, 5) is 4.06. The van der Waals surface area contributed by atoms with Crippen LogP contribution in [0.15, 0.2) is 53.5 Å². The minimum absolute atomic E-state index is 0. The number of aliphatic imine (C=N–C) groups is 1. The molecule has 0 saturated heterocycles. The second-order valence-electron chi connectivity index (χ2n) is 5.08. The number of nitrogens with two attached hydrogens (primary N) is 1. The molecule has 4 nitrogen and oxygen atoms in total. The SMILES string of the molecule is I.NC(=NCC(O)c1ccc(Cl)c(F)c1)NCCc1ccccc1. The van der Waals surface area contributed by atoms with E-state index in [1.165, 1.54) is 17.7 Å². The number of hydrogen-bond acceptors (Lipinski definition) is 2. The molecule has 1 atom stereocenters. The van der Waals surface area contributed by atoms with Crippen LogP contribution in [0.2, 0.25) is 5.02 Å². The Balaban J connectivity index is 0.00000288. The lowest BCUT2D eigenvalue weighted by molar-refractivity contribution is 0.186. The Hall–Kier alpha value is -1.38. The van der Waals surface area contributed by atoms with E-state index in [1.54, 1.807) is 6.07 Å². The Labute approximate surface area is 163 Å². The summed E-state index contributed by atoms with van der Waals surface area (Å²) in [7, 11) is 0. The number of benzene rings is 2. The van der Waals surface area contributed by atoms with Gasteiger partial charge in [0.1, 0.15) is 5.82 Å². The molecular formula is C17H20ClFIN3O. The highest BCUT2D eigenvalue weighted by molar-refractivity contribution is 14.0. The molecule has 0 spiro atoms. The molecule has 0 amide bonds. The van der Waals surface area contributed by atoms with E-state index < -0.39 is 11.9 Å². The molecule has 0 radical (unpaired) electrons. The quantitative estimate of drug-likeness (QED) is 0.350. The minimum Gasteiger partial charge on any atom is -0.386 e. The van der Waals surface area contributed by atoms with Gasteiger partial charge in [0.25, 0.3) is 0 Å². The zero-order chi connectivity index (χ0) is 16.7. The molecule has 0 aliphatic rings. The van der Waals surface area contributed by atoms with Crippen molar-refractivity contribution in [2.45, 2.75) is 12.5 Å². The molecule has 24 heavy (non-hydrogen) atoms. The summed E-state index contributed by atoms with van der Waals surface area (Å²) in [5.41, 5.74) is 7.36. The van der Waals surface area contributed by atoms with Gasteiger partial charge >= 0.3 is 0 Å². The standard InChI is InChI=1S/C17H19ClFN3O.HI/c18-14-7-6-13(10-15(14)19)16(23)11-22-17(20)21-9-8-12-4-2-1-3-5-12;/h1-7,10,16,23H,8-9,11H2,(H3,20,21,22);1H. The van der Waals surface area contributed by atoms with Crippen molar-refractivity contribution in [2.75, 3.05) is 13.1 Å². The van der Waals surface area contributed by atoms with Gasteiger partial charge in [-0.25, -0.2) is 4.39 Å². The molecule has 0 heterocycles. The van der Waals surface area contributed by atoms with Gasteiger partial charge in [0.05, 0.1) is 17.7 Å². The van der Waals surface area contributed by atoms with E-state index >= 15 is 0 Å². The summed E-state index contributed by atoms with van der Waals surface area (Å²) >= 11 is 5.61. The fourth-order valence-corrected chi connectivity index (χ4v) is 2.16. The van der Waals surface area contributed by atoms with Crippen molar-refractivity contribution >= 4 is 41.5 Å². The van der Waals surface area contributed by atoms with Gasteiger partial charge in [-0.15, -0.1) is 24.0 Å². The van der Waals surface area contributed by atoms with Crippen LogP contribution in [0.3, 0.4) is 0 Å². The Morgan fingerprint density at radius 2 is 1.96 bits per heavy atom. The van der Waals surface area contributed by atoms with Crippen LogP contribution in [0, 0.1) is 5.82 Å². The number of aliphatic hydroxyl groups excluding tert-OH is 1. The highest BCUT2D eigenvalue weighted by Gasteiger charge is 2.09. The van der Waals surface area contributed by atoms with E-state index in [-0.39, 0.29) is 41.5 Å². The molecule has 0 fully saturated rings. The molecule has 0 saturated carbocycles. The number of guanidine groups is 1. The van der Waals surface area contributed by atoms with E-state index in [0.717, 1.165) is 6.42 Å².